The second-order valence-electron chi connectivity index (χ2n) is 13.2. The highest BCUT2D eigenvalue weighted by atomic mass is 35.5. The molecule has 0 heterocycles. The van der Waals surface area contributed by atoms with Crippen molar-refractivity contribution in [3.63, 3.8) is 0 Å². The molecule has 0 saturated heterocycles. The molecule has 0 radical (unpaired) electrons. The zero-order chi connectivity index (χ0) is 30.2. The minimum absolute atomic E-state index is 0.0487. The van der Waals surface area contributed by atoms with E-state index in [2.05, 4.69) is 17.4 Å². The lowest BCUT2D eigenvalue weighted by atomic mass is 9.48. The van der Waals surface area contributed by atoms with Gasteiger partial charge < -0.3 is 10.2 Å². The lowest BCUT2D eigenvalue weighted by molar-refractivity contribution is -0.139. The van der Waals surface area contributed by atoms with Crippen LogP contribution in [0, 0.1) is 17.8 Å². The van der Waals surface area contributed by atoms with Crippen LogP contribution in [-0.2, 0) is 31.6 Å². The fourth-order valence-corrected chi connectivity index (χ4v) is 8.87. The Balaban J connectivity index is 1.38. The van der Waals surface area contributed by atoms with Gasteiger partial charge in [-0.3, -0.25) is 13.9 Å². The van der Waals surface area contributed by atoms with E-state index in [1.165, 1.54) is 49.0 Å². The van der Waals surface area contributed by atoms with E-state index in [1.807, 2.05) is 26.0 Å². The van der Waals surface area contributed by atoms with Gasteiger partial charge in [0.05, 0.1) is 11.9 Å². The predicted molar refractivity (Wildman–Crippen MR) is 168 cm³/mol. The van der Waals surface area contributed by atoms with Crippen LogP contribution in [0.25, 0.3) is 0 Å². The summed E-state index contributed by atoms with van der Waals surface area (Å²) < 4.78 is 27.2. The number of anilines is 1. The molecule has 6 rings (SSSR count). The predicted octanol–water partition coefficient (Wildman–Crippen LogP) is 5.91. The molecule has 2 atom stereocenters. The lowest BCUT2D eigenvalue weighted by Crippen LogP contribution is -2.52. The van der Waals surface area contributed by atoms with Gasteiger partial charge in [-0.2, -0.15) is 0 Å². The Morgan fingerprint density at radius 1 is 0.952 bits per heavy atom. The van der Waals surface area contributed by atoms with Crippen LogP contribution in [0.15, 0.2) is 48.5 Å². The summed E-state index contributed by atoms with van der Waals surface area (Å²) in [7, 11) is -3.78. The normalized spacial score (nSPS) is 26.0. The van der Waals surface area contributed by atoms with Gasteiger partial charge in [-0.15, -0.1) is 0 Å². The number of nitrogens with zero attached hydrogens (tertiary/aromatic N) is 2. The first-order chi connectivity index (χ1) is 19.9. The highest BCUT2D eigenvalue weighted by Gasteiger charge is 2.51. The molecule has 4 aliphatic carbocycles. The van der Waals surface area contributed by atoms with Crippen molar-refractivity contribution < 1.29 is 18.0 Å². The Bertz CT molecular complexity index is 1360. The molecule has 2 amide bonds. The second-order valence-corrected chi connectivity index (χ2v) is 15.5. The van der Waals surface area contributed by atoms with Crippen LogP contribution in [0.1, 0.15) is 76.8 Å². The summed E-state index contributed by atoms with van der Waals surface area (Å²) in [5, 5.41) is 3.52. The summed E-state index contributed by atoms with van der Waals surface area (Å²) in [4.78, 5) is 28.4. The van der Waals surface area contributed by atoms with Gasteiger partial charge in [0.15, 0.2) is 0 Å². The van der Waals surface area contributed by atoms with E-state index >= 15 is 0 Å². The first-order valence-electron chi connectivity index (χ1n) is 15.3. The fourth-order valence-electron chi connectivity index (χ4n) is 7.89. The topological polar surface area (TPSA) is 86.8 Å². The molecule has 0 aromatic heterocycles. The Morgan fingerprint density at radius 2 is 1.50 bits per heavy atom. The fraction of sp³-hybridized carbons (Fsp3) is 0.576. The Hall–Kier alpha value is -2.58. The monoisotopic (exact) mass is 613 g/mol. The summed E-state index contributed by atoms with van der Waals surface area (Å²) in [6, 6.07) is 14.1. The van der Waals surface area contributed by atoms with Gasteiger partial charge in [0.2, 0.25) is 21.8 Å². The summed E-state index contributed by atoms with van der Waals surface area (Å²) in [5.74, 6) is 1.71. The Morgan fingerprint density at radius 3 is 2.00 bits per heavy atom. The second kappa shape index (κ2) is 12.2. The summed E-state index contributed by atoms with van der Waals surface area (Å²) in [5.41, 5.74) is 2.75. The number of hydrogen-bond acceptors (Lipinski definition) is 4. The molecule has 4 fully saturated rings. The van der Waals surface area contributed by atoms with Crippen LogP contribution < -0.4 is 9.62 Å². The largest absolute Gasteiger partial charge is 0.352 e. The van der Waals surface area contributed by atoms with Crippen LogP contribution in [0.4, 0.5) is 5.69 Å². The van der Waals surface area contributed by atoms with Gasteiger partial charge >= 0.3 is 0 Å². The van der Waals surface area contributed by atoms with Gasteiger partial charge in [-0.1, -0.05) is 42.8 Å². The molecule has 7 nitrogen and oxygen atoms in total. The number of hydrogen-bond donors (Lipinski definition) is 1. The molecule has 2 aromatic carbocycles. The summed E-state index contributed by atoms with van der Waals surface area (Å²) in [6.07, 6.45) is 9.64. The van der Waals surface area contributed by atoms with Crippen molar-refractivity contribution >= 4 is 39.1 Å². The van der Waals surface area contributed by atoms with Crippen molar-refractivity contribution in [2.45, 2.75) is 89.8 Å². The quantitative estimate of drug-likeness (QED) is 0.342. The molecule has 0 aliphatic heterocycles. The minimum Gasteiger partial charge on any atom is -0.352 e. The third kappa shape index (κ3) is 6.65. The van der Waals surface area contributed by atoms with Gasteiger partial charge in [0, 0.05) is 17.6 Å². The molecule has 1 N–H and O–H groups in total. The van der Waals surface area contributed by atoms with Crippen LogP contribution in [-0.4, -0.2) is 50.0 Å². The first-order valence-corrected chi connectivity index (χ1v) is 17.5. The number of nitrogens with one attached hydrogen (secondary N) is 1. The molecular formula is C33H44ClN3O4S. The van der Waals surface area contributed by atoms with Crippen LogP contribution in [0.2, 0.25) is 5.02 Å². The van der Waals surface area contributed by atoms with Crippen LogP contribution >= 0.6 is 11.6 Å². The zero-order valence-corrected chi connectivity index (χ0v) is 26.8. The summed E-state index contributed by atoms with van der Waals surface area (Å²) in [6.45, 7) is 5.31. The molecule has 9 heteroatoms. The van der Waals surface area contributed by atoms with E-state index in [0.717, 1.165) is 40.3 Å². The maximum absolute atomic E-state index is 13.9. The van der Waals surface area contributed by atoms with E-state index in [-0.39, 0.29) is 23.9 Å². The molecular weight excluding hydrogens is 570 g/mol. The molecule has 4 saturated carbocycles. The number of benzene rings is 2. The number of rotatable bonds is 11. The molecule has 228 valence electrons. The van der Waals surface area contributed by atoms with Crippen LogP contribution in [0.5, 0.6) is 0 Å². The van der Waals surface area contributed by atoms with Crippen molar-refractivity contribution in [3.05, 3.63) is 64.7 Å². The highest BCUT2D eigenvalue weighted by molar-refractivity contribution is 7.92. The van der Waals surface area contributed by atoms with Crippen molar-refractivity contribution in [3.8, 4) is 0 Å². The highest BCUT2D eigenvalue weighted by Crippen LogP contribution is 2.60. The van der Waals surface area contributed by atoms with E-state index in [4.69, 9.17) is 11.6 Å². The van der Waals surface area contributed by atoms with Gasteiger partial charge in [-0.05, 0) is 117 Å². The molecule has 42 heavy (non-hydrogen) atoms. The first kappa shape index (κ1) is 30.9. The zero-order valence-electron chi connectivity index (χ0n) is 25.2. The van der Waals surface area contributed by atoms with Crippen LogP contribution in [0.3, 0.4) is 0 Å². The molecule has 4 aliphatic rings. The van der Waals surface area contributed by atoms with Crippen molar-refractivity contribution in [2.75, 3.05) is 17.1 Å². The average molecular weight is 614 g/mol. The Labute approximate surface area is 256 Å². The standard InChI is InChI=1S/C33H44ClN3O4S/c1-5-22(2)35-32(39)23(3)36(20-24-6-10-29(34)11-7-24)31(38)21-37(42(4,40)41)30-12-8-28(9-13-30)33-17-25-14-26(18-33)16-27(15-25)19-33/h6-13,22-23,25-27H,5,14-21H2,1-4H3,(H,35,39)/t22-,23-,25?,26?,27?,33?/m1/s1. The SMILES string of the molecule is CC[C@@H](C)NC(=O)[C@@H](C)N(Cc1ccc(Cl)cc1)C(=O)CN(c1ccc(C23CC4CC(CC(C4)C2)C3)cc1)S(C)(=O)=O. The van der Waals surface area contributed by atoms with Gasteiger partial charge in [-0.25, -0.2) is 8.42 Å². The summed E-state index contributed by atoms with van der Waals surface area (Å²) >= 11 is 6.06. The number of sulfonamides is 1. The lowest BCUT2D eigenvalue weighted by Gasteiger charge is -2.57. The average Bonchev–Trinajstić information content (AvgIpc) is 2.93. The van der Waals surface area contributed by atoms with E-state index in [9.17, 15) is 18.0 Å². The number of halogens is 1. The van der Waals surface area contributed by atoms with Crippen molar-refractivity contribution in [1.29, 1.82) is 0 Å². The van der Waals surface area contributed by atoms with E-state index in [0.29, 0.717) is 10.7 Å². The number of amides is 2. The smallest absolute Gasteiger partial charge is 0.244 e. The maximum Gasteiger partial charge on any atom is 0.244 e. The third-order valence-corrected chi connectivity index (χ3v) is 11.3. The molecule has 0 spiro atoms. The van der Waals surface area contributed by atoms with Crippen molar-refractivity contribution in [1.82, 2.24) is 10.2 Å². The van der Waals surface area contributed by atoms with Gasteiger partial charge in [0.25, 0.3) is 0 Å². The minimum atomic E-state index is -3.78. The number of carbonyl (C=O) groups is 2. The third-order valence-electron chi connectivity index (χ3n) is 9.92. The Kier molecular flexibility index (Phi) is 8.96. The van der Waals surface area contributed by atoms with E-state index < -0.39 is 28.5 Å². The van der Waals surface area contributed by atoms with E-state index in [1.54, 1.807) is 31.2 Å². The number of carbonyl (C=O) groups excluding carboxylic acids is 2. The molecule has 2 aromatic rings. The maximum atomic E-state index is 13.9. The van der Waals surface area contributed by atoms with Crippen molar-refractivity contribution in [2.24, 2.45) is 17.8 Å². The molecule has 0 unspecified atom stereocenters. The molecule has 4 bridgehead atoms. The van der Waals surface area contributed by atoms with Gasteiger partial charge in [0.1, 0.15) is 12.6 Å².